The van der Waals surface area contributed by atoms with Crippen LogP contribution < -0.4 is 5.32 Å². The minimum Gasteiger partial charge on any atom is -0.372 e. The van der Waals surface area contributed by atoms with Gasteiger partial charge in [0, 0.05) is 6.54 Å². The Bertz CT molecular complexity index is 619. The van der Waals surface area contributed by atoms with Crippen molar-refractivity contribution in [2.45, 2.75) is 33.6 Å². The van der Waals surface area contributed by atoms with Crippen molar-refractivity contribution in [1.29, 1.82) is 0 Å². The maximum Gasteiger partial charge on any atom is 0.0725 e. The van der Waals surface area contributed by atoms with Gasteiger partial charge in [0.25, 0.3) is 0 Å². The van der Waals surface area contributed by atoms with E-state index >= 15 is 0 Å². The third-order valence-electron chi connectivity index (χ3n) is 3.90. The number of fused-ring (bicyclic) bond motifs is 1. The molecule has 0 amide bonds. The van der Waals surface area contributed by atoms with Crippen molar-refractivity contribution in [2.24, 2.45) is 0 Å². The lowest BCUT2D eigenvalue weighted by atomic mass is 9.96. The molecule has 0 aromatic heterocycles. The second kappa shape index (κ2) is 5.78. The Morgan fingerprint density at radius 3 is 2.70 bits per heavy atom. The lowest BCUT2D eigenvalue weighted by Gasteiger charge is -2.10. The van der Waals surface area contributed by atoms with Gasteiger partial charge in [-0.25, -0.2) is 0 Å². The Morgan fingerprint density at radius 2 is 1.90 bits per heavy atom. The number of rotatable bonds is 4. The second-order valence-electron chi connectivity index (χ2n) is 5.41. The zero-order chi connectivity index (χ0) is 13.9. The summed E-state index contributed by atoms with van der Waals surface area (Å²) in [7, 11) is 0. The van der Waals surface area contributed by atoms with Crippen LogP contribution in [0, 0.1) is 6.92 Å². The summed E-state index contributed by atoms with van der Waals surface area (Å²) < 4.78 is 5.49. The third kappa shape index (κ3) is 2.62. The minimum atomic E-state index is 0.751. The van der Waals surface area contributed by atoms with Gasteiger partial charge in [0.1, 0.15) is 0 Å². The van der Waals surface area contributed by atoms with Crippen molar-refractivity contribution in [1.82, 2.24) is 5.32 Å². The zero-order valence-electron chi connectivity index (χ0n) is 12.2. The van der Waals surface area contributed by atoms with E-state index in [0.29, 0.717) is 0 Å². The molecule has 3 rings (SSSR count). The highest BCUT2D eigenvalue weighted by Crippen LogP contribution is 2.29. The first kappa shape index (κ1) is 13.3. The van der Waals surface area contributed by atoms with Crippen LogP contribution in [0.25, 0.3) is 11.1 Å². The highest BCUT2D eigenvalue weighted by atomic mass is 16.5. The molecule has 2 aromatic carbocycles. The zero-order valence-corrected chi connectivity index (χ0v) is 12.2. The summed E-state index contributed by atoms with van der Waals surface area (Å²) in [6.07, 6.45) is 0. The van der Waals surface area contributed by atoms with Crippen LogP contribution in [0.4, 0.5) is 0 Å². The molecule has 0 unspecified atom stereocenters. The molecule has 1 heterocycles. The largest absolute Gasteiger partial charge is 0.372 e. The van der Waals surface area contributed by atoms with Crippen molar-refractivity contribution >= 4 is 0 Å². The van der Waals surface area contributed by atoms with Gasteiger partial charge in [-0.05, 0) is 52.9 Å². The number of benzene rings is 2. The fourth-order valence-electron chi connectivity index (χ4n) is 2.77. The quantitative estimate of drug-likeness (QED) is 0.909. The van der Waals surface area contributed by atoms with E-state index in [4.69, 9.17) is 4.74 Å². The highest BCUT2D eigenvalue weighted by molar-refractivity contribution is 5.69. The van der Waals surface area contributed by atoms with Gasteiger partial charge in [-0.15, -0.1) is 0 Å². The molecule has 0 fully saturated rings. The predicted octanol–water partition coefficient (Wildman–Crippen LogP) is 3.80. The fourth-order valence-corrected chi connectivity index (χ4v) is 2.77. The van der Waals surface area contributed by atoms with E-state index in [1.54, 1.807) is 0 Å². The predicted molar refractivity (Wildman–Crippen MR) is 82.5 cm³/mol. The first-order valence-electron chi connectivity index (χ1n) is 7.28. The molecule has 104 valence electrons. The molecule has 0 saturated heterocycles. The lowest BCUT2D eigenvalue weighted by molar-refractivity contribution is 0.134. The molecule has 1 aliphatic rings. The van der Waals surface area contributed by atoms with Gasteiger partial charge in [-0.2, -0.15) is 0 Å². The maximum atomic E-state index is 5.49. The molecule has 0 bridgehead atoms. The van der Waals surface area contributed by atoms with E-state index in [9.17, 15) is 0 Å². The van der Waals surface area contributed by atoms with Crippen LogP contribution in [0.15, 0.2) is 36.4 Å². The van der Waals surface area contributed by atoms with Crippen LogP contribution in [0.5, 0.6) is 0 Å². The Balaban J connectivity index is 1.90. The van der Waals surface area contributed by atoms with Crippen LogP contribution in [-0.2, 0) is 24.5 Å². The molecule has 2 aromatic rings. The van der Waals surface area contributed by atoms with Crippen molar-refractivity contribution < 1.29 is 4.74 Å². The molecule has 0 spiro atoms. The van der Waals surface area contributed by atoms with E-state index in [0.717, 1.165) is 26.3 Å². The Labute approximate surface area is 120 Å². The molecule has 2 heteroatoms. The summed E-state index contributed by atoms with van der Waals surface area (Å²) in [5.41, 5.74) is 7.95. The lowest BCUT2D eigenvalue weighted by Crippen LogP contribution is -2.11. The molecule has 2 nitrogen and oxygen atoms in total. The SMILES string of the molecule is CCNCc1ccc(-c2ccc3c(c2)COC3)c(C)c1. The third-order valence-corrected chi connectivity index (χ3v) is 3.90. The maximum absolute atomic E-state index is 5.49. The number of aryl methyl sites for hydroxylation is 1. The molecular formula is C18H21NO. The normalized spacial score (nSPS) is 13.5. The molecule has 20 heavy (non-hydrogen) atoms. The van der Waals surface area contributed by atoms with Crippen LogP contribution in [-0.4, -0.2) is 6.54 Å². The van der Waals surface area contributed by atoms with Gasteiger partial charge >= 0.3 is 0 Å². The van der Waals surface area contributed by atoms with E-state index in [1.165, 1.54) is 33.4 Å². The summed E-state index contributed by atoms with van der Waals surface area (Å²) in [6.45, 7) is 7.78. The number of nitrogens with one attached hydrogen (secondary N) is 1. The van der Waals surface area contributed by atoms with Gasteiger partial charge in [0.15, 0.2) is 0 Å². The Morgan fingerprint density at radius 1 is 1.05 bits per heavy atom. The van der Waals surface area contributed by atoms with Gasteiger partial charge in [-0.1, -0.05) is 37.3 Å². The van der Waals surface area contributed by atoms with Crippen molar-refractivity contribution in [3.63, 3.8) is 0 Å². The second-order valence-corrected chi connectivity index (χ2v) is 5.41. The van der Waals surface area contributed by atoms with Crippen LogP contribution in [0.1, 0.15) is 29.2 Å². The first-order chi connectivity index (χ1) is 9.78. The molecule has 1 aliphatic heterocycles. The van der Waals surface area contributed by atoms with E-state index in [-0.39, 0.29) is 0 Å². The fraction of sp³-hybridized carbons (Fsp3) is 0.333. The van der Waals surface area contributed by atoms with Gasteiger partial charge < -0.3 is 10.1 Å². The highest BCUT2D eigenvalue weighted by Gasteiger charge is 2.12. The topological polar surface area (TPSA) is 21.3 Å². The Hall–Kier alpha value is -1.64. The number of hydrogen-bond acceptors (Lipinski definition) is 2. The van der Waals surface area contributed by atoms with Gasteiger partial charge in [-0.3, -0.25) is 0 Å². The molecule has 0 aliphatic carbocycles. The summed E-state index contributed by atoms with van der Waals surface area (Å²) in [4.78, 5) is 0. The van der Waals surface area contributed by atoms with E-state index in [1.807, 2.05) is 0 Å². The summed E-state index contributed by atoms with van der Waals surface area (Å²) in [5, 5.41) is 3.37. The van der Waals surface area contributed by atoms with Crippen molar-refractivity contribution in [3.05, 3.63) is 58.7 Å². The minimum absolute atomic E-state index is 0.751. The number of ether oxygens (including phenoxy) is 1. The van der Waals surface area contributed by atoms with E-state index < -0.39 is 0 Å². The van der Waals surface area contributed by atoms with Crippen LogP contribution in [0.2, 0.25) is 0 Å². The molecule has 0 atom stereocenters. The first-order valence-corrected chi connectivity index (χ1v) is 7.28. The monoisotopic (exact) mass is 267 g/mol. The average molecular weight is 267 g/mol. The van der Waals surface area contributed by atoms with Gasteiger partial charge in [0.2, 0.25) is 0 Å². The standard InChI is InChI=1S/C18H21NO/c1-3-19-10-14-4-7-18(13(2)8-14)15-5-6-16-11-20-12-17(16)9-15/h4-9,19H,3,10-12H2,1-2H3. The molecule has 0 radical (unpaired) electrons. The van der Waals surface area contributed by atoms with Crippen LogP contribution >= 0.6 is 0 Å². The molecule has 1 N–H and O–H groups in total. The molecule has 0 saturated carbocycles. The Kier molecular flexibility index (Phi) is 3.86. The average Bonchev–Trinajstić information content (AvgIpc) is 2.92. The van der Waals surface area contributed by atoms with Gasteiger partial charge in [0.05, 0.1) is 13.2 Å². The van der Waals surface area contributed by atoms with Crippen molar-refractivity contribution in [2.75, 3.05) is 6.54 Å². The summed E-state index contributed by atoms with van der Waals surface area (Å²) in [5.74, 6) is 0. The number of hydrogen-bond donors (Lipinski definition) is 1. The van der Waals surface area contributed by atoms with Crippen molar-refractivity contribution in [3.8, 4) is 11.1 Å². The molecular weight excluding hydrogens is 246 g/mol. The summed E-state index contributed by atoms with van der Waals surface area (Å²) >= 11 is 0. The smallest absolute Gasteiger partial charge is 0.0725 e. The van der Waals surface area contributed by atoms with Crippen LogP contribution in [0.3, 0.4) is 0 Å². The summed E-state index contributed by atoms with van der Waals surface area (Å²) in [6, 6.07) is 13.4. The van der Waals surface area contributed by atoms with E-state index in [2.05, 4.69) is 55.6 Å².